The standard InChI is InChI=1S/C18H22N6O2/c25-18(23-6-5-22-7-8-26-11-15(22)10-23)17-3-1-13-9-14(2-4-16(13)17)24-12-19-20-21-24/h2,4,9,12,15,17H,1,3,5-8,10-11H2. The number of carbonyl (C=O) groups is 1. The van der Waals surface area contributed by atoms with Crippen LogP contribution in [0.4, 0.5) is 0 Å². The molecule has 0 radical (unpaired) electrons. The number of carbonyl (C=O) groups excluding carboxylic acids is 1. The Hall–Kier alpha value is -2.32. The van der Waals surface area contributed by atoms with Crippen molar-refractivity contribution in [1.29, 1.82) is 0 Å². The molecule has 3 aliphatic rings. The van der Waals surface area contributed by atoms with Crippen LogP contribution in [0.5, 0.6) is 0 Å². The predicted molar refractivity (Wildman–Crippen MR) is 93.0 cm³/mol. The van der Waals surface area contributed by atoms with E-state index in [1.165, 1.54) is 5.56 Å². The molecule has 8 heteroatoms. The third kappa shape index (κ3) is 2.69. The number of aryl methyl sites for hydroxylation is 1. The molecule has 2 fully saturated rings. The molecule has 8 nitrogen and oxygen atoms in total. The lowest BCUT2D eigenvalue weighted by Gasteiger charge is -2.44. The first-order valence-corrected chi connectivity index (χ1v) is 9.26. The number of nitrogens with zero attached hydrogens (tertiary/aromatic N) is 6. The first-order chi connectivity index (χ1) is 12.8. The van der Waals surface area contributed by atoms with Crippen LogP contribution < -0.4 is 0 Å². The Kier molecular flexibility index (Phi) is 3.94. The fraction of sp³-hybridized carbons (Fsp3) is 0.556. The van der Waals surface area contributed by atoms with E-state index in [2.05, 4.69) is 32.6 Å². The lowest BCUT2D eigenvalue weighted by Crippen LogP contribution is -2.59. The molecule has 0 N–H and O–H groups in total. The molecule has 2 saturated heterocycles. The van der Waals surface area contributed by atoms with Crippen LogP contribution >= 0.6 is 0 Å². The van der Waals surface area contributed by atoms with Crippen molar-refractivity contribution in [3.05, 3.63) is 35.7 Å². The monoisotopic (exact) mass is 354 g/mol. The maximum atomic E-state index is 13.2. The summed E-state index contributed by atoms with van der Waals surface area (Å²) in [5.41, 5.74) is 3.33. The van der Waals surface area contributed by atoms with E-state index in [9.17, 15) is 4.79 Å². The number of ether oxygens (including phenoxy) is 1. The maximum absolute atomic E-state index is 13.2. The van der Waals surface area contributed by atoms with E-state index in [1.54, 1.807) is 11.0 Å². The zero-order valence-electron chi connectivity index (χ0n) is 14.6. The topological polar surface area (TPSA) is 76.4 Å². The molecule has 0 bridgehead atoms. The predicted octanol–water partition coefficient (Wildman–Crippen LogP) is 0.235. The van der Waals surface area contributed by atoms with Gasteiger partial charge in [-0.05, 0) is 46.5 Å². The van der Waals surface area contributed by atoms with Crippen molar-refractivity contribution in [3.63, 3.8) is 0 Å². The highest BCUT2D eigenvalue weighted by atomic mass is 16.5. The van der Waals surface area contributed by atoms with Gasteiger partial charge >= 0.3 is 0 Å². The van der Waals surface area contributed by atoms with Crippen molar-refractivity contribution >= 4 is 5.91 Å². The molecule has 2 aliphatic heterocycles. The van der Waals surface area contributed by atoms with Gasteiger partial charge in [-0.3, -0.25) is 9.69 Å². The molecule has 0 spiro atoms. The molecule has 136 valence electrons. The Morgan fingerprint density at radius 2 is 2.19 bits per heavy atom. The van der Waals surface area contributed by atoms with Gasteiger partial charge in [-0.15, -0.1) is 5.10 Å². The number of aromatic nitrogens is 4. The van der Waals surface area contributed by atoms with Crippen LogP contribution in [0.3, 0.4) is 0 Å². The second-order valence-electron chi connectivity index (χ2n) is 7.28. The molecule has 1 aromatic heterocycles. The summed E-state index contributed by atoms with van der Waals surface area (Å²) in [6.07, 6.45) is 3.40. The molecular formula is C18H22N6O2. The fourth-order valence-corrected chi connectivity index (χ4v) is 4.45. The van der Waals surface area contributed by atoms with E-state index in [0.29, 0.717) is 6.04 Å². The minimum absolute atomic E-state index is 0.0241. The number of morpholine rings is 1. The molecule has 26 heavy (non-hydrogen) atoms. The van der Waals surface area contributed by atoms with E-state index in [-0.39, 0.29) is 11.8 Å². The third-order valence-corrected chi connectivity index (χ3v) is 5.87. The number of rotatable bonds is 2. The lowest BCUT2D eigenvalue weighted by molar-refractivity contribution is -0.138. The summed E-state index contributed by atoms with van der Waals surface area (Å²) in [5.74, 6) is 0.244. The fourth-order valence-electron chi connectivity index (χ4n) is 4.45. The van der Waals surface area contributed by atoms with Crippen LogP contribution in [0.1, 0.15) is 23.5 Å². The number of tetrazole rings is 1. The van der Waals surface area contributed by atoms with Gasteiger partial charge in [0, 0.05) is 26.2 Å². The molecule has 2 unspecified atom stereocenters. The Morgan fingerprint density at radius 3 is 3.08 bits per heavy atom. The van der Waals surface area contributed by atoms with E-state index in [1.807, 2.05) is 11.0 Å². The van der Waals surface area contributed by atoms with E-state index < -0.39 is 0 Å². The number of piperazine rings is 1. The summed E-state index contributed by atoms with van der Waals surface area (Å²) >= 11 is 0. The summed E-state index contributed by atoms with van der Waals surface area (Å²) in [6.45, 7) is 5.10. The van der Waals surface area contributed by atoms with Gasteiger partial charge in [-0.1, -0.05) is 6.07 Å². The molecular weight excluding hydrogens is 332 g/mol. The Morgan fingerprint density at radius 1 is 1.23 bits per heavy atom. The van der Waals surface area contributed by atoms with E-state index in [4.69, 9.17) is 4.74 Å². The van der Waals surface area contributed by atoms with Crippen molar-refractivity contribution < 1.29 is 9.53 Å². The number of hydrogen-bond acceptors (Lipinski definition) is 6. The molecule has 5 rings (SSSR count). The Balaban J connectivity index is 1.33. The van der Waals surface area contributed by atoms with Gasteiger partial charge in [0.25, 0.3) is 0 Å². The highest BCUT2D eigenvalue weighted by Gasteiger charge is 2.36. The number of hydrogen-bond donors (Lipinski definition) is 0. The smallest absolute Gasteiger partial charge is 0.230 e. The van der Waals surface area contributed by atoms with Crippen LogP contribution in [-0.2, 0) is 16.0 Å². The second kappa shape index (κ2) is 6.44. The van der Waals surface area contributed by atoms with Crippen molar-refractivity contribution in [2.45, 2.75) is 24.8 Å². The van der Waals surface area contributed by atoms with Crippen molar-refractivity contribution in [2.24, 2.45) is 0 Å². The van der Waals surface area contributed by atoms with Crippen LogP contribution in [0.2, 0.25) is 0 Å². The van der Waals surface area contributed by atoms with Crippen molar-refractivity contribution in [3.8, 4) is 5.69 Å². The number of benzene rings is 1. The van der Waals surface area contributed by atoms with Crippen LogP contribution in [0.25, 0.3) is 5.69 Å². The Labute approximate surface area is 151 Å². The maximum Gasteiger partial charge on any atom is 0.230 e. The van der Waals surface area contributed by atoms with Gasteiger partial charge in [0.05, 0.1) is 30.9 Å². The average molecular weight is 354 g/mol. The molecule has 2 atom stereocenters. The molecule has 1 aliphatic carbocycles. The zero-order chi connectivity index (χ0) is 17.5. The quantitative estimate of drug-likeness (QED) is 0.769. The molecule has 1 amide bonds. The first kappa shape index (κ1) is 15.9. The van der Waals surface area contributed by atoms with Gasteiger partial charge in [0.1, 0.15) is 6.33 Å². The summed E-state index contributed by atoms with van der Waals surface area (Å²) < 4.78 is 7.25. The number of fused-ring (bicyclic) bond motifs is 2. The summed E-state index contributed by atoms with van der Waals surface area (Å²) in [4.78, 5) is 17.7. The van der Waals surface area contributed by atoms with Crippen LogP contribution in [0, 0.1) is 0 Å². The van der Waals surface area contributed by atoms with Gasteiger partial charge in [-0.25, -0.2) is 4.68 Å². The minimum Gasteiger partial charge on any atom is -0.378 e. The van der Waals surface area contributed by atoms with Crippen LogP contribution in [0.15, 0.2) is 24.5 Å². The van der Waals surface area contributed by atoms with Gasteiger partial charge in [0.15, 0.2) is 0 Å². The summed E-state index contributed by atoms with van der Waals surface area (Å²) in [6, 6.07) is 6.52. The van der Waals surface area contributed by atoms with E-state index in [0.717, 1.165) is 63.5 Å². The van der Waals surface area contributed by atoms with E-state index >= 15 is 0 Å². The van der Waals surface area contributed by atoms with Gasteiger partial charge < -0.3 is 9.64 Å². The van der Waals surface area contributed by atoms with Gasteiger partial charge in [-0.2, -0.15) is 0 Å². The summed E-state index contributed by atoms with van der Waals surface area (Å²) in [7, 11) is 0. The molecule has 0 saturated carbocycles. The summed E-state index contributed by atoms with van der Waals surface area (Å²) in [5, 5.41) is 11.3. The Bertz CT molecular complexity index is 808. The molecule has 3 heterocycles. The third-order valence-electron chi connectivity index (χ3n) is 5.87. The van der Waals surface area contributed by atoms with Gasteiger partial charge in [0.2, 0.25) is 5.91 Å². The highest BCUT2D eigenvalue weighted by molar-refractivity contribution is 5.85. The van der Waals surface area contributed by atoms with Crippen molar-refractivity contribution in [1.82, 2.24) is 30.0 Å². The highest BCUT2D eigenvalue weighted by Crippen LogP contribution is 2.36. The molecule has 1 aromatic carbocycles. The normalized spacial score (nSPS) is 25.8. The first-order valence-electron chi connectivity index (χ1n) is 9.26. The largest absolute Gasteiger partial charge is 0.378 e. The van der Waals surface area contributed by atoms with Crippen LogP contribution in [-0.4, -0.2) is 81.3 Å². The SMILES string of the molecule is O=C(C1CCc2cc(-n3cnnn3)ccc21)N1CCN2CCOCC2C1. The average Bonchev–Trinajstić information content (AvgIpc) is 3.36. The second-order valence-corrected chi connectivity index (χ2v) is 7.28. The zero-order valence-corrected chi connectivity index (χ0v) is 14.6. The van der Waals surface area contributed by atoms with Crippen molar-refractivity contribution in [2.75, 3.05) is 39.4 Å². The number of amides is 1. The lowest BCUT2D eigenvalue weighted by atomic mass is 9.98. The molecule has 2 aromatic rings. The minimum atomic E-state index is -0.0241.